The van der Waals surface area contributed by atoms with E-state index in [0.717, 1.165) is 0 Å². The van der Waals surface area contributed by atoms with Crippen LogP contribution in [0.2, 0.25) is 0 Å². The SMILES string of the molecule is COC(=O)c1cc(C(=O)Nc2ccc(CC(=O)O)cc2)c(=O)[nH]c1C. The van der Waals surface area contributed by atoms with Gasteiger partial charge in [0.15, 0.2) is 0 Å². The van der Waals surface area contributed by atoms with Crippen LogP contribution in [0.25, 0.3) is 0 Å². The molecular formula is C17H16N2O6. The molecule has 8 heteroatoms. The van der Waals surface area contributed by atoms with Crippen molar-refractivity contribution in [2.45, 2.75) is 13.3 Å². The number of hydrogen-bond donors (Lipinski definition) is 3. The van der Waals surface area contributed by atoms with Gasteiger partial charge in [-0.3, -0.25) is 14.4 Å². The van der Waals surface area contributed by atoms with Crippen molar-refractivity contribution in [3.05, 3.63) is 63.1 Å². The van der Waals surface area contributed by atoms with Gasteiger partial charge in [0.1, 0.15) is 5.56 Å². The van der Waals surface area contributed by atoms with Crippen molar-refractivity contribution in [2.24, 2.45) is 0 Å². The Hall–Kier alpha value is -3.42. The predicted molar refractivity (Wildman–Crippen MR) is 88.9 cm³/mol. The van der Waals surface area contributed by atoms with Gasteiger partial charge in [0.25, 0.3) is 11.5 Å². The van der Waals surface area contributed by atoms with Crippen LogP contribution in [0.15, 0.2) is 35.1 Å². The molecule has 3 N–H and O–H groups in total. The summed E-state index contributed by atoms with van der Waals surface area (Å²) in [4.78, 5) is 49.0. The van der Waals surface area contributed by atoms with Gasteiger partial charge in [-0.15, -0.1) is 0 Å². The summed E-state index contributed by atoms with van der Waals surface area (Å²) in [5, 5.41) is 11.3. The van der Waals surface area contributed by atoms with Gasteiger partial charge >= 0.3 is 11.9 Å². The van der Waals surface area contributed by atoms with E-state index in [9.17, 15) is 19.2 Å². The lowest BCUT2D eigenvalue weighted by atomic mass is 10.1. The molecule has 25 heavy (non-hydrogen) atoms. The van der Waals surface area contributed by atoms with Crippen molar-refractivity contribution in [3.8, 4) is 0 Å². The van der Waals surface area contributed by atoms with E-state index in [1.807, 2.05) is 0 Å². The summed E-state index contributed by atoms with van der Waals surface area (Å²) in [6.45, 7) is 1.52. The molecule has 0 aliphatic rings. The van der Waals surface area contributed by atoms with Crippen molar-refractivity contribution in [3.63, 3.8) is 0 Å². The fourth-order valence-electron chi connectivity index (χ4n) is 2.19. The molecule has 130 valence electrons. The number of esters is 1. The highest BCUT2D eigenvalue weighted by Crippen LogP contribution is 2.12. The molecule has 0 radical (unpaired) electrons. The zero-order valence-electron chi connectivity index (χ0n) is 13.6. The van der Waals surface area contributed by atoms with Crippen molar-refractivity contribution in [2.75, 3.05) is 12.4 Å². The van der Waals surface area contributed by atoms with Gasteiger partial charge in [0.2, 0.25) is 0 Å². The molecule has 2 aromatic rings. The predicted octanol–water partition coefficient (Wildman–Crippen LogP) is 1.35. The summed E-state index contributed by atoms with van der Waals surface area (Å²) < 4.78 is 4.61. The van der Waals surface area contributed by atoms with Crippen LogP contribution in [0.4, 0.5) is 5.69 Å². The Bertz CT molecular complexity index is 883. The van der Waals surface area contributed by atoms with Gasteiger partial charge in [-0.05, 0) is 30.7 Å². The highest BCUT2D eigenvalue weighted by molar-refractivity contribution is 6.05. The second-order valence-electron chi connectivity index (χ2n) is 5.26. The maximum Gasteiger partial charge on any atom is 0.339 e. The van der Waals surface area contributed by atoms with Crippen LogP contribution < -0.4 is 10.9 Å². The van der Waals surface area contributed by atoms with E-state index in [0.29, 0.717) is 16.9 Å². The Morgan fingerprint density at radius 3 is 2.36 bits per heavy atom. The topological polar surface area (TPSA) is 126 Å². The Morgan fingerprint density at radius 1 is 1.16 bits per heavy atom. The number of aromatic nitrogens is 1. The van der Waals surface area contributed by atoms with Crippen molar-refractivity contribution >= 4 is 23.5 Å². The molecule has 0 aliphatic heterocycles. The molecule has 0 saturated heterocycles. The molecule has 0 fully saturated rings. The van der Waals surface area contributed by atoms with Gasteiger partial charge in [-0.2, -0.15) is 0 Å². The van der Waals surface area contributed by atoms with Gasteiger partial charge in [-0.1, -0.05) is 12.1 Å². The zero-order valence-corrected chi connectivity index (χ0v) is 13.6. The van der Waals surface area contributed by atoms with Crippen LogP contribution in [0.1, 0.15) is 32.0 Å². The molecule has 0 spiro atoms. The Kier molecular flexibility index (Phi) is 5.33. The normalized spacial score (nSPS) is 10.2. The van der Waals surface area contributed by atoms with Gasteiger partial charge < -0.3 is 20.1 Å². The molecule has 0 saturated carbocycles. The number of rotatable bonds is 5. The third kappa shape index (κ3) is 4.31. The first-order valence-electron chi connectivity index (χ1n) is 7.26. The number of carboxylic acids is 1. The third-order valence-electron chi connectivity index (χ3n) is 3.46. The number of nitrogens with one attached hydrogen (secondary N) is 2. The second-order valence-corrected chi connectivity index (χ2v) is 5.26. The van der Waals surface area contributed by atoms with Crippen LogP contribution in [0.5, 0.6) is 0 Å². The number of methoxy groups -OCH3 is 1. The third-order valence-corrected chi connectivity index (χ3v) is 3.46. The number of ether oxygens (including phenoxy) is 1. The minimum Gasteiger partial charge on any atom is -0.481 e. The van der Waals surface area contributed by atoms with Crippen LogP contribution in [0.3, 0.4) is 0 Å². The van der Waals surface area contributed by atoms with Crippen molar-refractivity contribution in [1.29, 1.82) is 0 Å². The number of amides is 1. The van der Waals surface area contributed by atoms with E-state index in [1.54, 1.807) is 12.1 Å². The molecule has 0 unspecified atom stereocenters. The number of carbonyl (C=O) groups is 3. The van der Waals surface area contributed by atoms with Crippen molar-refractivity contribution < 1.29 is 24.2 Å². The molecule has 1 aromatic carbocycles. The molecule has 0 atom stereocenters. The number of pyridine rings is 1. The second kappa shape index (κ2) is 7.43. The largest absolute Gasteiger partial charge is 0.481 e. The Balaban J connectivity index is 2.24. The number of aliphatic carboxylic acids is 1. The molecule has 8 nitrogen and oxygen atoms in total. The fourth-order valence-corrected chi connectivity index (χ4v) is 2.19. The standard InChI is InChI=1S/C17H16N2O6/c1-9-12(17(24)25-2)8-13(15(22)18-9)16(23)19-11-5-3-10(4-6-11)7-14(20)21/h3-6,8H,7H2,1-2H3,(H,18,22)(H,19,23)(H,20,21). The Morgan fingerprint density at radius 2 is 1.80 bits per heavy atom. The van der Waals surface area contributed by atoms with Crippen LogP contribution in [-0.4, -0.2) is 35.0 Å². The van der Waals surface area contributed by atoms with Crippen LogP contribution >= 0.6 is 0 Å². The van der Waals surface area contributed by atoms with E-state index >= 15 is 0 Å². The molecular weight excluding hydrogens is 328 g/mol. The molecule has 1 aromatic heterocycles. The number of anilines is 1. The van der Waals surface area contributed by atoms with E-state index in [-0.39, 0.29) is 17.5 Å². The van der Waals surface area contributed by atoms with E-state index < -0.39 is 23.4 Å². The van der Waals surface area contributed by atoms with E-state index in [2.05, 4.69) is 15.0 Å². The molecule has 1 amide bonds. The molecule has 0 aliphatic carbocycles. The minimum atomic E-state index is -0.960. The van der Waals surface area contributed by atoms with Gasteiger partial charge in [-0.25, -0.2) is 4.79 Å². The lowest BCUT2D eigenvalue weighted by Gasteiger charge is -2.08. The lowest BCUT2D eigenvalue weighted by molar-refractivity contribution is -0.136. The highest BCUT2D eigenvalue weighted by atomic mass is 16.5. The average Bonchev–Trinajstić information content (AvgIpc) is 2.55. The van der Waals surface area contributed by atoms with Gasteiger partial charge in [0.05, 0.1) is 19.1 Å². The monoisotopic (exact) mass is 344 g/mol. The van der Waals surface area contributed by atoms with Crippen molar-refractivity contribution in [1.82, 2.24) is 4.98 Å². The quantitative estimate of drug-likeness (QED) is 0.703. The lowest BCUT2D eigenvalue weighted by Crippen LogP contribution is -2.25. The number of carbonyl (C=O) groups excluding carboxylic acids is 2. The zero-order chi connectivity index (χ0) is 18.6. The number of hydrogen-bond acceptors (Lipinski definition) is 5. The summed E-state index contributed by atoms with van der Waals surface area (Å²) >= 11 is 0. The maximum absolute atomic E-state index is 12.3. The Labute approximate surface area is 142 Å². The highest BCUT2D eigenvalue weighted by Gasteiger charge is 2.18. The number of carboxylic acid groups (broad SMARTS) is 1. The first-order valence-corrected chi connectivity index (χ1v) is 7.26. The number of benzene rings is 1. The summed E-state index contributed by atoms with van der Waals surface area (Å²) in [5.41, 5.74) is 0.478. The average molecular weight is 344 g/mol. The molecule has 1 heterocycles. The number of aromatic amines is 1. The maximum atomic E-state index is 12.3. The molecule has 2 rings (SSSR count). The van der Waals surface area contributed by atoms with E-state index in [4.69, 9.17) is 5.11 Å². The van der Waals surface area contributed by atoms with Gasteiger partial charge in [0, 0.05) is 11.4 Å². The summed E-state index contributed by atoms with van der Waals surface area (Å²) in [7, 11) is 1.20. The number of aryl methyl sites for hydroxylation is 1. The summed E-state index contributed by atoms with van der Waals surface area (Å²) in [6.07, 6.45) is -0.131. The fraction of sp³-hybridized carbons (Fsp3) is 0.176. The van der Waals surface area contributed by atoms with Crippen LogP contribution in [-0.2, 0) is 16.0 Å². The minimum absolute atomic E-state index is 0.0871. The first-order chi connectivity index (χ1) is 11.8. The number of H-pyrrole nitrogens is 1. The van der Waals surface area contributed by atoms with E-state index in [1.165, 1.54) is 32.2 Å². The van der Waals surface area contributed by atoms with Crippen LogP contribution in [0, 0.1) is 6.92 Å². The summed E-state index contributed by atoms with van der Waals surface area (Å²) in [6, 6.07) is 7.35. The summed E-state index contributed by atoms with van der Waals surface area (Å²) in [5.74, 6) is -2.32. The first kappa shape index (κ1) is 17.9. The smallest absolute Gasteiger partial charge is 0.339 e. The molecule has 0 bridgehead atoms.